The molecule has 1 heterocycles. The number of unbranched alkanes of at least 4 members (excludes halogenated alkanes) is 1. The van der Waals surface area contributed by atoms with E-state index >= 15 is 0 Å². The van der Waals surface area contributed by atoms with E-state index in [9.17, 15) is 18.0 Å². The number of carboxylic acids is 1. The van der Waals surface area contributed by atoms with E-state index in [1.807, 2.05) is 0 Å². The topological polar surface area (TPSA) is 104 Å². The number of carbonyl (C=O) groups excluding carboxylic acids is 1. The van der Waals surface area contributed by atoms with E-state index in [1.165, 1.54) is 10.6 Å². The predicted octanol–water partition coefficient (Wildman–Crippen LogP) is 0.0291. The van der Waals surface area contributed by atoms with E-state index in [2.05, 4.69) is 5.32 Å². The van der Waals surface area contributed by atoms with E-state index in [4.69, 9.17) is 5.11 Å². The average molecular weight is 306 g/mol. The number of nitrogens with zero attached hydrogens (tertiary/aromatic N) is 1. The minimum absolute atomic E-state index is 0.0616. The van der Waals surface area contributed by atoms with Crippen LogP contribution >= 0.6 is 0 Å². The Kier molecular flexibility index (Phi) is 6.41. The van der Waals surface area contributed by atoms with Crippen molar-refractivity contribution in [1.82, 2.24) is 9.62 Å². The van der Waals surface area contributed by atoms with Crippen molar-refractivity contribution in [3.8, 4) is 0 Å². The largest absolute Gasteiger partial charge is 0.481 e. The molecule has 0 aromatic carbocycles. The van der Waals surface area contributed by atoms with Crippen LogP contribution < -0.4 is 5.32 Å². The van der Waals surface area contributed by atoms with Gasteiger partial charge in [-0.2, -0.15) is 0 Å². The van der Waals surface area contributed by atoms with Crippen LogP contribution in [0, 0.1) is 5.92 Å². The molecular weight excluding hydrogens is 284 g/mol. The molecule has 20 heavy (non-hydrogen) atoms. The Morgan fingerprint density at radius 2 is 1.85 bits per heavy atom. The minimum Gasteiger partial charge on any atom is -0.481 e. The van der Waals surface area contributed by atoms with Gasteiger partial charge in [0.05, 0.1) is 6.26 Å². The number of hydrogen-bond donors (Lipinski definition) is 2. The molecule has 1 rings (SSSR count). The number of piperidine rings is 1. The molecule has 8 heteroatoms. The monoisotopic (exact) mass is 306 g/mol. The van der Waals surface area contributed by atoms with Crippen molar-refractivity contribution in [3.63, 3.8) is 0 Å². The maximum atomic E-state index is 11.9. The molecule has 116 valence electrons. The van der Waals surface area contributed by atoms with Gasteiger partial charge in [0.25, 0.3) is 0 Å². The van der Waals surface area contributed by atoms with Crippen LogP contribution in [-0.4, -0.2) is 55.6 Å². The zero-order valence-electron chi connectivity index (χ0n) is 11.7. The molecule has 1 amide bonds. The molecule has 0 atom stereocenters. The first-order valence-corrected chi connectivity index (χ1v) is 8.60. The van der Waals surface area contributed by atoms with Crippen molar-refractivity contribution in [3.05, 3.63) is 0 Å². The molecule has 1 fully saturated rings. The highest BCUT2D eigenvalue weighted by Crippen LogP contribution is 2.19. The number of nitrogens with one attached hydrogen (secondary N) is 1. The fraction of sp³-hybridized carbons (Fsp3) is 0.833. The fourth-order valence-electron chi connectivity index (χ4n) is 2.21. The molecule has 0 bridgehead atoms. The van der Waals surface area contributed by atoms with Crippen LogP contribution in [0.3, 0.4) is 0 Å². The Balaban J connectivity index is 2.21. The summed E-state index contributed by atoms with van der Waals surface area (Å²) >= 11 is 0. The number of carboxylic acid groups (broad SMARTS) is 1. The van der Waals surface area contributed by atoms with Gasteiger partial charge in [0.1, 0.15) is 0 Å². The van der Waals surface area contributed by atoms with Crippen molar-refractivity contribution in [2.24, 2.45) is 5.92 Å². The Morgan fingerprint density at radius 3 is 2.35 bits per heavy atom. The smallest absolute Gasteiger partial charge is 0.303 e. The van der Waals surface area contributed by atoms with Crippen molar-refractivity contribution >= 4 is 21.9 Å². The van der Waals surface area contributed by atoms with Gasteiger partial charge in [0.15, 0.2) is 0 Å². The Labute approximate surface area is 119 Å². The van der Waals surface area contributed by atoms with Gasteiger partial charge in [0, 0.05) is 32.0 Å². The second-order valence-corrected chi connectivity index (χ2v) is 7.06. The molecule has 0 unspecified atom stereocenters. The maximum absolute atomic E-state index is 11.9. The highest BCUT2D eigenvalue weighted by atomic mass is 32.2. The first-order chi connectivity index (χ1) is 9.30. The molecule has 0 aliphatic carbocycles. The van der Waals surface area contributed by atoms with Gasteiger partial charge < -0.3 is 10.4 Å². The van der Waals surface area contributed by atoms with E-state index < -0.39 is 16.0 Å². The summed E-state index contributed by atoms with van der Waals surface area (Å²) in [7, 11) is -3.16. The van der Waals surface area contributed by atoms with Crippen molar-refractivity contribution in [2.45, 2.75) is 32.1 Å². The van der Waals surface area contributed by atoms with Crippen LogP contribution in [0.25, 0.3) is 0 Å². The average Bonchev–Trinajstić information content (AvgIpc) is 2.37. The molecule has 0 aromatic heterocycles. The highest BCUT2D eigenvalue weighted by Gasteiger charge is 2.28. The SMILES string of the molecule is CS(=O)(=O)N1CCC(C(=O)NCCCCC(=O)O)CC1. The zero-order valence-corrected chi connectivity index (χ0v) is 12.5. The number of aliphatic carboxylic acids is 1. The van der Waals surface area contributed by atoms with Crippen molar-refractivity contribution in [1.29, 1.82) is 0 Å². The molecule has 1 aliphatic rings. The molecule has 2 N–H and O–H groups in total. The highest BCUT2D eigenvalue weighted by molar-refractivity contribution is 7.88. The summed E-state index contributed by atoms with van der Waals surface area (Å²) in [5, 5.41) is 11.3. The lowest BCUT2D eigenvalue weighted by atomic mass is 9.97. The van der Waals surface area contributed by atoms with E-state index in [-0.39, 0.29) is 18.2 Å². The van der Waals surface area contributed by atoms with Gasteiger partial charge in [-0.25, -0.2) is 12.7 Å². The summed E-state index contributed by atoms with van der Waals surface area (Å²) in [6.07, 6.45) is 3.54. The van der Waals surface area contributed by atoms with Crippen LogP contribution in [0.2, 0.25) is 0 Å². The first kappa shape index (κ1) is 16.9. The second-order valence-electron chi connectivity index (χ2n) is 5.08. The van der Waals surface area contributed by atoms with Crippen LogP contribution in [0.5, 0.6) is 0 Å². The molecular formula is C12H22N2O5S. The molecule has 0 saturated carbocycles. The van der Waals surface area contributed by atoms with Gasteiger partial charge in [-0.1, -0.05) is 0 Å². The van der Waals surface area contributed by atoms with Gasteiger partial charge in [-0.15, -0.1) is 0 Å². The molecule has 0 radical (unpaired) electrons. The number of hydrogen-bond acceptors (Lipinski definition) is 4. The van der Waals surface area contributed by atoms with Crippen LogP contribution in [0.15, 0.2) is 0 Å². The van der Waals surface area contributed by atoms with Crippen LogP contribution in [0.4, 0.5) is 0 Å². The summed E-state index contributed by atoms with van der Waals surface area (Å²) in [6, 6.07) is 0. The van der Waals surface area contributed by atoms with E-state index in [0.717, 1.165) is 0 Å². The number of carbonyl (C=O) groups is 2. The normalized spacial score (nSPS) is 17.9. The number of amides is 1. The van der Waals surface area contributed by atoms with Crippen molar-refractivity contribution in [2.75, 3.05) is 25.9 Å². The molecule has 1 saturated heterocycles. The molecule has 0 aromatic rings. The summed E-state index contributed by atoms with van der Waals surface area (Å²) in [5.41, 5.74) is 0. The second kappa shape index (κ2) is 7.58. The Hall–Kier alpha value is -1.15. The summed E-state index contributed by atoms with van der Waals surface area (Å²) in [6.45, 7) is 1.24. The lowest BCUT2D eigenvalue weighted by Crippen LogP contribution is -2.42. The third-order valence-electron chi connectivity index (χ3n) is 3.41. The van der Waals surface area contributed by atoms with Crippen LogP contribution in [-0.2, 0) is 19.6 Å². The Bertz CT molecular complexity index is 441. The lowest BCUT2D eigenvalue weighted by Gasteiger charge is -2.29. The van der Waals surface area contributed by atoms with Gasteiger partial charge in [-0.3, -0.25) is 9.59 Å². The number of sulfonamides is 1. The van der Waals surface area contributed by atoms with Gasteiger partial charge in [0.2, 0.25) is 15.9 Å². The number of rotatable bonds is 7. The molecule has 1 aliphatic heterocycles. The molecule has 7 nitrogen and oxygen atoms in total. The van der Waals surface area contributed by atoms with E-state index in [1.54, 1.807) is 0 Å². The van der Waals surface area contributed by atoms with Crippen LogP contribution in [0.1, 0.15) is 32.1 Å². The van der Waals surface area contributed by atoms with E-state index in [0.29, 0.717) is 45.3 Å². The summed E-state index contributed by atoms with van der Waals surface area (Å²) in [5.74, 6) is -1.04. The summed E-state index contributed by atoms with van der Waals surface area (Å²) in [4.78, 5) is 22.2. The third kappa shape index (κ3) is 5.87. The first-order valence-electron chi connectivity index (χ1n) is 6.75. The zero-order chi connectivity index (χ0) is 15.2. The summed E-state index contributed by atoms with van der Waals surface area (Å²) < 4.78 is 24.1. The predicted molar refractivity (Wildman–Crippen MR) is 73.6 cm³/mol. The fourth-order valence-corrected chi connectivity index (χ4v) is 3.08. The maximum Gasteiger partial charge on any atom is 0.303 e. The minimum atomic E-state index is -3.16. The quantitative estimate of drug-likeness (QED) is 0.646. The van der Waals surface area contributed by atoms with Gasteiger partial charge >= 0.3 is 5.97 Å². The third-order valence-corrected chi connectivity index (χ3v) is 4.71. The van der Waals surface area contributed by atoms with Gasteiger partial charge in [-0.05, 0) is 25.7 Å². The molecule has 0 spiro atoms. The standard InChI is InChI=1S/C12H22N2O5S/c1-20(18,19)14-8-5-10(6-9-14)12(17)13-7-3-2-4-11(15)16/h10H,2-9H2,1H3,(H,13,17)(H,15,16). The lowest BCUT2D eigenvalue weighted by molar-refractivity contribution is -0.137. The van der Waals surface area contributed by atoms with Crippen molar-refractivity contribution < 1.29 is 23.1 Å². The Morgan fingerprint density at radius 1 is 1.25 bits per heavy atom.